The number of rotatable bonds is 3. The van der Waals surface area contributed by atoms with Crippen LogP contribution in [0.5, 0.6) is 5.75 Å². The molecule has 0 spiro atoms. The van der Waals surface area contributed by atoms with Gasteiger partial charge in [0, 0.05) is 11.6 Å². The van der Waals surface area contributed by atoms with Gasteiger partial charge in [0.2, 0.25) is 0 Å². The summed E-state index contributed by atoms with van der Waals surface area (Å²) in [6.45, 7) is 2.26. The minimum absolute atomic E-state index is 0.334. The van der Waals surface area contributed by atoms with Gasteiger partial charge in [-0.25, -0.2) is 0 Å². The number of pyridine rings is 1. The third-order valence-electron chi connectivity index (χ3n) is 4.40. The van der Waals surface area contributed by atoms with Crippen LogP contribution in [-0.4, -0.2) is 11.1 Å². The third-order valence-corrected chi connectivity index (χ3v) is 4.40. The molecule has 2 aromatic rings. The maximum Gasteiger partial charge on any atom is 0.129 e. The molecule has 106 valence electrons. The van der Waals surface area contributed by atoms with Gasteiger partial charge in [0.1, 0.15) is 11.9 Å². The van der Waals surface area contributed by atoms with Crippen LogP contribution in [0.3, 0.4) is 0 Å². The van der Waals surface area contributed by atoms with Crippen molar-refractivity contribution in [2.24, 2.45) is 5.92 Å². The van der Waals surface area contributed by atoms with E-state index in [-0.39, 0.29) is 0 Å². The first-order valence-electron chi connectivity index (χ1n) is 7.59. The van der Waals surface area contributed by atoms with Gasteiger partial charge in [-0.3, -0.25) is 4.98 Å². The molecule has 2 unspecified atom stereocenters. The molecule has 3 heteroatoms. The number of ether oxygens (including phenoxy) is 1. The highest BCUT2D eigenvalue weighted by molar-refractivity contribution is 5.93. The van der Waals surface area contributed by atoms with Gasteiger partial charge < -0.3 is 10.5 Å². The summed E-state index contributed by atoms with van der Waals surface area (Å²) in [5, 5.41) is 1.02. The van der Waals surface area contributed by atoms with Crippen LogP contribution in [0.25, 0.3) is 10.9 Å². The van der Waals surface area contributed by atoms with Crippen molar-refractivity contribution < 1.29 is 4.74 Å². The van der Waals surface area contributed by atoms with Gasteiger partial charge in [-0.15, -0.1) is 0 Å². The van der Waals surface area contributed by atoms with Crippen LogP contribution in [0.2, 0.25) is 0 Å². The zero-order chi connectivity index (χ0) is 13.9. The lowest BCUT2D eigenvalue weighted by atomic mass is 9.84. The maximum absolute atomic E-state index is 6.33. The molecule has 3 nitrogen and oxygen atoms in total. The molecule has 1 aliphatic carbocycles. The Balaban J connectivity index is 1.92. The minimum Gasteiger partial charge on any atom is -0.489 e. The second-order valence-electron chi connectivity index (χ2n) is 5.66. The normalized spacial score (nSPS) is 22.9. The summed E-state index contributed by atoms with van der Waals surface area (Å²) in [5.74, 6) is 1.60. The Bertz CT molecular complexity index is 597. The molecule has 20 heavy (non-hydrogen) atoms. The molecule has 1 saturated carbocycles. The smallest absolute Gasteiger partial charge is 0.129 e. The average Bonchev–Trinajstić information content (AvgIpc) is 2.51. The van der Waals surface area contributed by atoms with Crippen LogP contribution in [0.15, 0.2) is 30.5 Å². The lowest BCUT2D eigenvalue weighted by molar-refractivity contribution is 0.0919. The molecule has 2 atom stereocenters. The fourth-order valence-corrected chi connectivity index (χ4v) is 3.23. The van der Waals surface area contributed by atoms with E-state index < -0.39 is 0 Å². The maximum atomic E-state index is 6.33. The molecule has 1 aliphatic rings. The first-order chi connectivity index (χ1) is 9.79. The van der Waals surface area contributed by atoms with Crippen molar-refractivity contribution in [1.82, 2.24) is 4.98 Å². The standard InChI is InChI=1S/C17H22N2O/c1-2-12-6-3-4-8-15(12)20-16-10-9-14(18)17-13(16)7-5-11-19-17/h5,7,9-12,15H,2-4,6,8,18H2,1H3. The van der Waals surface area contributed by atoms with Crippen LogP contribution in [-0.2, 0) is 0 Å². The van der Waals surface area contributed by atoms with Gasteiger partial charge in [-0.05, 0) is 55.9 Å². The van der Waals surface area contributed by atoms with Gasteiger partial charge in [-0.1, -0.05) is 13.3 Å². The third kappa shape index (κ3) is 2.45. The number of aromatic nitrogens is 1. The number of hydrogen-bond acceptors (Lipinski definition) is 3. The molecule has 3 rings (SSSR count). The number of benzene rings is 1. The van der Waals surface area contributed by atoms with Crippen molar-refractivity contribution >= 4 is 16.6 Å². The summed E-state index contributed by atoms with van der Waals surface area (Å²) in [7, 11) is 0. The molecular weight excluding hydrogens is 248 g/mol. The predicted octanol–water partition coefficient (Wildman–Crippen LogP) is 4.16. The Labute approximate surface area is 120 Å². The van der Waals surface area contributed by atoms with Crippen molar-refractivity contribution in [1.29, 1.82) is 0 Å². The van der Waals surface area contributed by atoms with Crippen molar-refractivity contribution in [3.63, 3.8) is 0 Å². The van der Waals surface area contributed by atoms with E-state index in [2.05, 4.69) is 11.9 Å². The van der Waals surface area contributed by atoms with E-state index in [1.165, 1.54) is 25.7 Å². The van der Waals surface area contributed by atoms with Crippen molar-refractivity contribution in [2.45, 2.75) is 45.1 Å². The highest BCUT2D eigenvalue weighted by Gasteiger charge is 2.25. The summed E-state index contributed by atoms with van der Waals surface area (Å²) in [6, 6.07) is 7.86. The SMILES string of the molecule is CCC1CCCCC1Oc1ccc(N)c2ncccc12. The molecule has 0 amide bonds. The van der Waals surface area contributed by atoms with E-state index in [9.17, 15) is 0 Å². The summed E-state index contributed by atoms with van der Waals surface area (Å²) in [5.41, 5.74) is 7.55. The summed E-state index contributed by atoms with van der Waals surface area (Å²) in [6.07, 6.45) is 8.35. The van der Waals surface area contributed by atoms with Crippen LogP contribution < -0.4 is 10.5 Å². The summed E-state index contributed by atoms with van der Waals surface area (Å²) in [4.78, 5) is 4.37. The summed E-state index contributed by atoms with van der Waals surface area (Å²) < 4.78 is 6.33. The van der Waals surface area contributed by atoms with E-state index in [4.69, 9.17) is 10.5 Å². The minimum atomic E-state index is 0.334. The first kappa shape index (κ1) is 13.2. The number of anilines is 1. The van der Waals surface area contributed by atoms with Gasteiger partial charge in [0.25, 0.3) is 0 Å². The van der Waals surface area contributed by atoms with Gasteiger partial charge in [-0.2, -0.15) is 0 Å². The Morgan fingerprint density at radius 1 is 1.25 bits per heavy atom. The van der Waals surface area contributed by atoms with E-state index in [0.717, 1.165) is 23.1 Å². The molecule has 1 aromatic heterocycles. The number of nitrogens with zero attached hydrogens (tertiary/aromatic N) is 1. The van der Waals surface area contributed by atoms with Gasteiger partial charge >= 0.3 is 0 Å². The highest BCUT2D eigenvalue weighted by Crippen LogP contribution is 2.34. The van der Waals surface area contributed by atoms with E-state index in [0.29, 0.717) is 17.7 Å². The second-order valence-corrected chi connectivity index (χ2v) is 5.66. The lowest BCUT2D eigenvalue weighted by Crippen LogP contribution is -2.29. The fourth-order valence-electron chi connectivity index (χ4n) is 3.23. The van der Waals surface area contributed by atoms with Crippen molar-refractivity contribution in [2.75, 3.05) is 5.73 Å². The first-order valence-corrected chi connectivity index (χ1v) is 7.59. The fraction of sp³-hybridized carbons (Fsp3) is 0.471. The summed E-state index contributed by atoms with van der Waals surface area (Å²) >= 11 is 0. The molecule has 1 aromatic carbocycles. The van der Waals surface area contributed by atoms with Crippen LogP contribution in [0, 0.1) is 5.92 Å². The van der Waals surface area contributed by atoms with Crippen LogP contribution in [0.4, 0.5) is 5.69 Å². The quantitative estimate of drug-likeness (QED) is 0.852. The van der Waals surface area contributed by atoms with E-state index in [1.54, 1.807) is 6.20 Å². The Hall–Kier alpha value is -1.77. The van der Waals surface area contributed by atoms with Gasteiger partial charge in [0.15, 0.2) is 0 Å². The average molecular weight is 270 g/mol. The molecular formula is C17H22N2O. The second kappa shape index (κ2) is 5.70. The number of nitrogens with two attached hydrogens (primary N) is 1. The topological polar surface area (TPSA) is 48.1 Å². The van der Waals surface area contributed by atoms with Crippen LogP contribution >= 0.6 is 0 Å². The Kier molecular flexibility index (Phi) is 3.77. The van der Waals surface area contributed by atoms with E-state index >= 15 is 0 Å². The zero-order valence-corrected chi connectivity index (χ0v) is 12.0. The van der Waals surface area contributed by atoms with Crippen molar-refractivity contribution in [3.8, 4) is 5.75 Å². The zero-order valence-electron chi connectivity index (χ0n) is 12.0. The number of nitrogen functional groups attached to an aromatic ring is 1. The largest absolute Gasteiger partial charge is 0.489 e. The van der Waals surface area contributed by atoms with Crippen molar-refractivity contribution in [3.05, 3.63) is 30.5 Å². The molecule has 0 bridgehead atoms. The number of fused-ring (bicyclic) bond motifs is 1. The van der Waals surface area contributed by atoms with Crippen LogP contribution in [0.1, 0.15) is 39.0 Å². The molecule has 0 aliphatic heterocycles. The Morgan fingerprint density at radius 2 is 2.10 bits per heavy atom. The monoisotopic (exact) mass is 270 g/mol. The number of hydrogen-bond donors (Lipinski definition) is 1. The highest BCUT2D eigenvalue weighted by atomic mass is 16.5. The molecule has 0 saturated heterocycles. The van der Waals surface area contributed by atoms with E-state index in [1.807, 2.05) is 24.3 Å². The molecule has 0 radical (unpaired) electrons. The van der Waals surface area contributed by atoms with Gasteiger partial charge in [0.05, 0.1) is 11.2 Å². The molecule has 2 N–H and O–H groups in total. The predicted molar refractivity (Wildman–Crippen MR) is 82.8 cm³/mol. The molecule has 1 fully saturated rings. The Morgan fingerprint density at radius 3 is 2.95 bits per heavy atom. The lowest BCUT2D eigenvalue weighted by Gasteiger charge is -2.31. The molecule has 1 heterocycles.